The second kappa shape index (κ2) is 7.35. The maximum atomic E-state index is 13.1. The fourth-order valence-electron chi connectivity index (χ4n) is 1.27. The van der Waals surface area contributed by atoms with E-state index < -0.39 is 5.82 Å². The highest BCUT2D eigenvalue weighted by atomic mass is 35.5. The van der Waals surface area contributed by atoms with Crippen LogP contribution in [0.4, 0.5) is 10.2 Å². The van der Waals surface area contributed by atoms with Gasteiger partial charge in [0.2, 0.25) is 5.28 Å². The highest BCUT2D eigenvalue weighted by Gasteiger charge is 2.04. The number of unbranched alkanes of at least 4 members (excludes halogenated alkanes) is 3. The van der Waals surface area contributed by atoms with Gasteiger partial charge in [0.1, 0.15) is 0 Å². The second-order valence-electron chi connectivity index (χ2n) is 3.40. The van der Waals surface area contributed by atoms with Gasteiger partial charge in [0.15, 0.2) is 11.6 Å². The number of hydrogen-bond donors (Lipinski definition) is 2. The first-order valence-electron chi connectivity index (χ1n) is 5.27. The van der Waals surface area contributed by atoms with Crippen LogP contribution in [0.5, 0.6) is 0 Å². The van der Waals surface area contributed by atoms with E-state index in [0.717, 1.165) is 31.9 Å². The summed E-state index contributed by atoms with van der Waals surface area (Å²) in [6.45, 7) is 0.860. The van der Waals surface area contributed by atoms with Gasteiger partial charge in [-0.3, -0.25) is 0 Å². The van der Waals surface area contributed by atoms with Gasteiger partial charge in [-0.2, -0.15) is 4.98 Å². The largest absolute Gasteiger partial charge is 0.396 e. The molecule has 4 nitrogen and oxygen atoms in total. The molecule has 0 amide bonds. The van der Waals surface area contributed by atoms with E-state index in [2.05, 4.69) is 15.3 Å². The standard InChI is InChI=1S/C10H15ClFN3O/c11-10-14-7-8(12)9(15-10)13-5-3-1-2-4-6-16/h7,16H,1-6H2,(H,13,14,15). The van der Waals surface area contributed by atoms with Crippen molar-refractivity contribution in [2.45, 2.75) is 25.7 Å². The van der Waals surface area contributed by atoms with Crippen molar-refractivity contribution in [1.29, 1.82) is 0 Å². The Hall–Kier alpha value is -0.940. The molecule has 0 unspecified atom stereocenters. The summed E-state index contributed by atoms with van der Waals surface area (Å²) in [6, 6.07) is 0. The monoisotopic (exact) mass is 247 g/mol. The maximum Gasteiger partial charge on any atom is 0.224 e. The third-order valence-electron chi connectivity index (χ3n) is 2.09. The Labute approximate surface area is 98.9 Å². The minimum atomic E-state index is -0.500. The molecule has 1 rings (SSSR count). The van der Waals surface area contributed by atoms with Crippen molar-refractivity contribution in [1.82, 2.24) is 9.97 Å². The Balaban J connectivity index is 2.23. The Bertz CT molecular complexity index is 325. The summed E-state index contributed by atoms with van der Waals surface area (Å²) in [5.41, 5.74) is 0. The number of nitrogens with zero attached hydrogens (tertiary/aromatic N) is 2. The van der Waals surface area contributed by atoms with E-state index in [1.807, 2.05) is 0 Å². The van der Waals surface area contributed by atoms with E-state index in [1.165, 1.54) is 0 Å². The molecule has 0 spiro atoms. The van der Waals surface area contributed by atoms with Crippen molar-refractivity contribution in [3.63, 3.8) is 0 Å². The normalized spacial score (nSPS) is 10.4. The number of rotatable bonds is 7. The number of nitrogens with one attached hydrogen (secondary N) is 1. The highest BCUT2D eigenvalue weighted by Crippen LogP contribution is 2.12. The van der Waals surface area contributed by atoms with Gasteiger partial charge in [-0.1, -0.05) is 12.8 Å². The lowest BCUT2D eigenvalue weighted by molar-refractivity contribution is 0.283. The predicted molar refractivity (Wildman–Crippen MR) is 61.0 cm³/mol. The smallest absolute Gasteiger partial charge is 0.224 e. The van der Waals surface area contributed by atoms with Crippen LogP contribution in [0.2, 0.25) is 5.28 Å². The van der Waals surface area contributed by atoms with Crippen molar-refractivity contribution >= 4 is 17.4 Å². The van der Waals surface area contributed by atoms with E-state index in [9.17, 15) is 4.39 Å². The average molecular weight is 248 g/mol. The number of anilines is 1. The summed E-state index contributed by atoms with van der Waals surface area (Å²) < 4.78 is 13.1. The summed E-state index contributed by atoms with van der Waals surface area (Å²) in [5.74, 6) is -0.359. The number of hydrogen-bond acceptors (Lipinski definition) is 4. The predicted octanol–water partition coefficient (Wildman–Crippen LogP) is 2.23. The molecule has 0 saturated heterocycles. The van der Waals surface area contributed by atoms with Crippen LogP contribution in [-0.4, -0.2) is 28.2 Å². The fraction of sp³-hybridized carbons (Fsp3) is 0.600. The molecule has 1 heterocycles. The van der Waals surface area contributed by atoms with Crippen molar-refractivity contribution in [3.05, 3.63) is 17.3 Å². The summed E-state index contributed by atoms with van der Waals surface area (Å²) >= 11 is 5.54. The van der Waals surface area contributed by atoms with Gasteiger partial charge in [0.25, 0.3) is 0 Å². The van der Waals surface area contributed by atoms with Gasteiger partial charge in [-0.05, 0) is 24.4 Å². The number of aliphatic hydroxyl groups is 1. The SMILES string of the molecule is OCCCCCCNc1nc(Cl)ncc1F. The molecule has 0 fully saturated rings. The fourth-order valence-corrected chi connectivity index (χ4v) is 1.40. The molecule has 0 saturated carbocycles. The molecule has 0 atom stereocenters. The molecule has 0 aliphatic carbocycles. The van der Waals surface area contributed by atoms with Crippen molar-refractivity contribution in [2.75, 3.05) is 18.5 Å². The van der Waals surface area contributed by atoms with Crippen LogP contribution in [0.15, 0.2) is 6.20 Å². The molecule has 0 aromatic carbocycles. The molecule has 0 radical (unpaired) electrons. The lowest BCUT2D eigenvalue weighted by Gasteiger charge is -2.05. The van der Waals surface area contributed by atoms with Gasteiger partial charge in [0.05, 0.1) is 6.20 Å². The first-order chi connectivity index (χ1) is 7.74. The average Bonchev–Trinajstić information content (AvgIpc) is 2.28. The highest BCUT2D eigenvalue weighted by molar-refractivity contribution is 6.28. The quantitative estimate of drug-likeness (QED) is 0.573. The van der Waals surface area contributed by atoms with E-state index in [0.29, 0.717) is 6.54 Å². The van der Waals surface area contributed by atoms with Crippen molar-refractivity contribution in [2.24, 2.45) is 0 Å². The van der Waals surface area contributed by atoms with Crippen LogP contribution in [0.3, 0.4) is 0 Å². The molecule has 90 valence electrons. The topological polar surface area (TPSA) is 58.0 Å². The van der Waals surface area contributed by atoms with E-state index >= 15 is 0 Å². The number of aromatic nitrogens is 2. The van der Waals surface area contributed by atoms with Gasteiger partial charge in [-0.25, -0.2) is 9.37 Å². The third-order valence-corrected chi connectivity index (χ3v) is 2.27. The summed E-state index contributed by atoms with van der Waals surface area (Å²) in [5, 5.41) is 11.5. The minimum absolute atomic E-state index is 0.0316. The van der Waals surface area contributed by atoms with E-state index in [-0.39, 0.29) is 17.7 Å². The van der Waals surface area contributed by atoms with Crippen LogP contribution in [-0.2, 0) is 0 Å². The summed E-state index contributed by atoms with van der Waals surface area (Å²) in [4.78, 5) is 7.25. The first-order valence-corrected chi connectivity index (χ1v) is 5.64. The number of aliphatic hydroxyl groups excluding tert-OH is 1. The van der Waals surface area contributed by atoms with Crippen LogP contribution in [0, 0.1) is 5.82 Å². The lowest BCUT2D eigenvalue weighted by atomic mass is 10.2. The molecular weight excluding hydrogens is 233 g/mol. The van der Waals surface area contributed by atoms with Gasteiger partial charge < -0.3 is 10.4 Å². The van der Waals surface area contributed by atoms with Crippen molar-refractivity contribution < 1.29 is 9.50 Å². The Morgan fingerprint density at radius 3 is 2.81 bits per heavy atom. The number of halogens is 2. The molecule has 1 aromatic heterocycles. The molecule has 2 N–H and O–H groups in total. The van der Waals surface area contributed by atoms with Gasteiger partial charge in [-0.15, -0.1) is 0 Å². The molecule has 0 aliphatic heterocycles. The van der Waals surface area contributed by atoms with E-state index in [1.54, 1.807) is 0 Å². The van der Waals surface area contributed by atoms with E-state index in [4.69, 9.17) is 16.7 Å². The van der Waals surface area contributed by atoms with Crippen LogP contribution >= 0.6 is 11.6 Å². The molecule has 0 aliphatic rings. The van der Waals surface area contributed by atoms with Crippen LogP contribution < -0.4 is 5.32 Å². The minimum Gasteiger partial charge on any atom is -0.396 e. The zero-order valence-corrected chi connectivity index (χ0v) is 9.67. The molecular formula is C10H15ClFN3O. The van der Waals surface area contributed by atoms with Gasteiger partial charge >= 0.3 is 0 Å². The zero-order chi connectivity index (χ0) is 11.8. The van der Waals surface area contributed by atoms with Crippen LogP contribution in [0.1, 0.15) is 25.7 Å². The molecule has 6 heteroatoms. The Morgan fingerprint density at radius 1 is 1.31 bits per heavy atom. The van der Waals surface area contributed by atoms with Crippen LogP contribution in [0.25, 0.3) is 0 Å². The second-order valence-corrected chi connectivity index (χ2v) is 3.74. The van der Waals surface area contributed by atoms with Crippen molar-refractivity contribution in [3.8, 4) is 0 Å². The first kappa shape index (κ1) is 13.1. The molecule has 16 heavy (non-hydrogen) atoms. The third kappa shape index (κ3) is 4.72. The summed E-state index contributed by atoms with van der Waals surface area (Å²) in [6.07, 6.45) is 4.73. The molecule has 1 aromatic rings. The van der Waals surface area contributed by atoms with Gasteiger partial charge in [0, 0.05) is 13.2 Å². The molecule has 0 bridgehead atoms. The lowest BCUT2D eigenvalue weighted by Crippen LogP contribution is -2.06. The zero-order valence-electron chi connectivity index (χ0n) is 8.92. The maximum absolute atomic E-state index is 13.1. The Kier molecular flexibility index (Phi) is 6.03. The Morgan fingerprint density at radius 2 is 2.06 bits per heavy atom. The summed E-state index contributed by atoms with van der Waals surface area (Å²) in [7, 11) is 0.